The second-order valence-electron chi connectivity index (χ2n) is 4.46. The highest BCUT2D eigenvalue weighted by atomic mass is 35.5. The van der Waals surface area contributed by atoms with E-state index in [1.54, 1.807) is 29.2 Å². The molecule has 0 bridgehead atoms. The molecule has 7 heteroatoms. The maximum atomic E-state index is 12.2. The summed E-state index contributed by atoms with van der Waals surface area (Å²) >= 11 is 5.85. The number of rotatable bonds is 2. The number of piperazine rings is 1. The van der Waals surface area contributed by atoms with Crippen LogP contribution in [0.5, 0.6) is 0 Å². The van der Waals surface area contributed by atoms with Crippen LogP contribution in [-0.4, -0.2) is 56.0 Å². The van der Waals surface area contributed by atoms with Crippen molar-refractivity contribution >= 4 is 27.5 Å². The van der Waals surface area contributed by atoms with Crippen molar-refractivity contribution in [3.05, 3.63) is 34.9 Å². The van der Waals surface area contributed by atoms with Crippen LogP contribution in [-0.2, 0) is 10.0 Å². The molecule has 1 saturated heterocycles. The van der Waals surface area contributed by atoms with Crippen molar-refractivity contribution in [2.75, 3.05) is 32.4 Å². The number of benzene rings is 1. The van der Waals surface area contributed by atoms with Crippen LogP contribution in [0, 0.1) is 0 Å². The fourth-order valence-corrected chi connectivity index (χ4v) is 3.04. The zero-order valence-electron chi connectivity index (χ0n) is 10.5. The van der Waals surface area contributed by atoms with Crippen molar-refractivity contribution in [2.24, 2.45) is 0 Å². The van der Waals surface area contributed by atoms with Gasteiger partial charge in [-0.1, -0.05) is 17.7 Å². The third-order valence-electron chi connectivity index (χ3n) is 3.07. The Morgan fingerprint density at radius 3 is 2.37 bits per heavy atom. The molecule has 0 atom stereocenters. The first-order valence-electron chi connectivity index (χ1n) is 5.88. The standard InChI is InChI=1S/C12H15ClN2O3S/c1-19(17,18)15-7-5-14(6-8-15)12(16)10-3-2-4-11(13)9-10/h2-4,9H,5-8H2,1H3. The summed E-state index contributed by atoms with van der Waals surface area (Å²) < 4.78 is 24.1. The third kappa shape index (κ3) is 3.46. The number of nitrogens with zero attached hydrogens (tertiary/aromatic N) is 2. The van der Waals surface area contributed by atoms with Gasteiger partial charge in [-0.05, 0) is 18.2 Å². The number of hydrogen-bond donors (Lipinski definition) is 0. The minimum Gasteiger partial charge on any atom is -0.336 e. The van der Waals surface area contributed by atoms with Crippen LogP contribution in [0.2, 0.25) is 5.02 Å². The minimum atomic E-state index is -3.17. The van der Waals surface area contributed by atoms with Crippen molar-refractivity contribution < 1.29 is 13.2 Å². The summed E-state index contributed by atoms with van der Waals surface area (Å²) in [7, 11) is -3.17. The summed E-state index contributed by atoms with van der Waals surface area (Å²) in [6, 6.07) is 6.76. The van der Waals surface area contributed by atoms with Gasteiger partial charge in [0.15, 0.2) is 0 Å². The van der Waals surface area contributed by atoms with Crippen molar-refractivity contribution in [2.45, 2.75) is 0 Å². The lowest BCUT2D eigenvalue weighted by molar-refractivity contribution is 0.0698. The quantitative estimate of drug-likeness (QED) is 0.821. The molecular formula is C12H15ClN2O3S. The molecule has 1 aromatic carbocycles. The fourth-order valence-electron chi connectivity index (χ4n) is 2.03. The van der Waals surface area contributed by atoms with Gasteiger partial charge in [-0.15, -0.1) is 0 Å². The first-order chi connectivity index (χ1) is 8.88. The van der Waals surface area contributed by atoms with Gasteiger partial charge >= 0.3 is 0 Å². The zero-order chi connectivity index (χ0) is 14.0. The van der Waals surface area contributed by atoms with E-state index in [9.17, 15) is 13.2 Å². The molecule has 5 nitrogen and oxygen atoms in total. The molecule has 0 spiro atoms. The molecular weight excluding hydrogens is 288 g/mol. The molecule has 1 heterocycles. The van der Waals surface area contributed by atoms with Crippen molar-refractivity contribution in [3.63, 3.8) is 0 Å². The average Bonchev–Trinajstić information content (AvgIpc) is 2.37. The molecule has 0 aromatic heterocycles. The highest BCUT2D eigenvalue weighted by Crippen LogP contribution is 2.14. The second kappa shape index (κ2) is 5.48. The third-order valence-corrected chi connectivity index (χ3v) is 4.60. The van der Waals surface area contributed by atoms with Crippen LogP contribution in [0.25, 0.3) is 0 Å². The molecule has 0 N–H and O–H groups in total. The van der Waals surface area contributed by atoms with Gasteiger partial charge in [0.05, 0.1) is 6.26 Å². The Hall–Kier alpha value is -1.11. The molecule has 1 amide bonds. The predicted molar refractivity (Wildman–Crippen MR) is 73.8 cm³/mol. The Morgan fingerprint density at radius 2 is 1.84 bits per heavy atom. The molecule has 1 aliphatic heterocycles. The smallest absolute Gasteiger partial charge is 0.253 e. The molecule has 104 valence electrons. The maximum absolute atomic E-state index is 12.2. The lowest BCUT2D eigenvalue weighted by Gasteiger charge is -2.33. The Morgan fingerprint density at radius 1 is 1.21 bits per heavy atom. The maximum Gasteiger partial charge on any atom is 0.253 e. The number of halogens is 1. The number of amides is 1. The summed E-state index contributed by atoms with van der Waals surface area (Å²) in [5, 5.41) is 0.514. The van der Waals surface area contributed by atoms with Gasteiger partial charge in [-0.2, -0.15) is 4.31 Å². The van der Waals surface area contributed by atoms with E-state index in [4.69, 9.17) is 11.6 Å². The van der Waals surface area contributed by atoms with E-state index >= 15 is 0 Å². The lowest BCUT2D eigenvalue weighted by Crippen LogP contribution is -2.50. The molecule has 0 aliphatic carbocycles. The van der Waals surface area contributed by atoms with Crippen LogP contribution in [0.4, 0.5) is 0 Å². The topological polar surface area (TPSA) is 57.7 Å². The largest absolute Gasteiger partial charge is 0.336 e. The first kappa shape index (κ1) is 14.3. The van der Waals surface area contributed by atoms with Crippen molar-refractivity contribution in [1.82, 2.24) is 9.21 Å². The molecule has 1 fully saturated rings. The van der Waals surface area contributed by atoms with Crippen LogP contribution in [0.1, 0.15) is 10.4 Å². The summed E-state index contributed by atoms with van der Waals surface area (Å²) in [6.07, 6.45) is 1.18. The molecule has 0 saturated carbocycles. The van der Waals surface area contributed by atoms with Crippen LogP contribution in [0.15, 0.2) is 24.3 Å². The van der Waals surface area contributed by atoms with E-state index in [0.29, 0.717) is 36.8 Å². The molecule has 0 radical (unpaired) electrons. The Labute approximate surface area is 117 Å². The van der Waals surface area contributed by atoms with Gasteiger partial charge in [-0.25, -0.2) is 8.42 Å². The summed E-state index contributed by atoms with van der Waals surface area (Å²) in [5.41, 5.74) is 0.528. The highest BCUT2D eigenvalue weighted by Gasteiger charge is 2.26. The van der Waals surface area contributed by atoms with Gasteiger partial charge in [-0.3, -0.25) is 4.79 Å². The summed E-state index contributed by atoms with van der Waals surface area (Å²) in [6.45, 7) is 1.48. The highest BCUT2D eigenvalue weighted by molar-refractivity contribution is 7.88. The SMILES string of the molecule is CS(=O)(=O)N1CCN(C(=O)c2cccc(Cl)c2)CC1. The lowest BCUT2D eigenvalue weighted by atomic mass is 10.2. The fraction of sp³-hybridized carbons (Fsp3) is 0.417. The summed E-state index contributed by atoms with van der Waals surface area (Å²) in [4.78, 5) is 13.9. The van der Waals surface area contributed by atoms with E-state index in [1.165, 1.54) is 10.6 Å². The molecule has 19 heavy (non-hydrogen) atoms. The summed E-state index contributed by atoms with van der Waals surface area (Å²) in [5.74, 6) is -0.115. The number of carbonyl (C=O) groups is 1. The monoisotopic (exact) mass is 302 g/mol. The minimum absolute atomic E-state index is 0.115. The van der Waals surface area contributed by atoms with Gasteiger partial charge in [0, 0.05) is 36.8 Å². The number of hydrogen-bond acceptors (Lipinski definition) is 3. The second-order valence-corrected chi connectivity index (χ2v) is 6.88. The van der Waals surface area contributed by atoms with Crippen molar-refractivity contribution in [3.8, 4) is 0 Å². The van der Waals surface area contributed by atoms with E-state index in [0.717, 1.165) is 0 Å². The van der Waals surface area contributed by atoms with Crippen LogP contribution >= 0.6 is 11.6 Å². The van der Waals surface area contributed by atoms with Gasteiger partial charge in [0.25, 0.3) is 5.91 Å². The Balaban J connectivity index is 2.04. The van der Waals surface area contributed by atoms with Gasteiger partial charge in [0.1, 0.15) is 0 Å². The molecule has 1 aromatic rings. The van der Waals surface area contributed by atoms with Crippen LogP contribution < -0.4 is 0 Å². The molecule has 0 unspecified atom stereocenters. The van der Waals surface area contributed by atoms with Crippen LogP contribution in [0.3, 0.4) is 0 Å². The molecule has 2 rings (SSSR count). The Bertz CT molecular complexity index is 580. The normalized spacial score (nSPS) is 17.5. The average molecular weight is 303 g/mol. The van der Waals surface area contributed by atoms with Gasteiger partial charge in [0.2, 0.25) is 10.0 Å². The molecule has 1 aliphatic rings. The zero-order valence-corrected chi connectivity index (χ0v) is 12.1. The first-order valence-corrected chi connectivity index (χ1v) is 8.10. The number of sulfonamides is 1. The van der Waals surface area contributed by atoms with E-state index < -0.39 is 10.0 Å². The van der Waals surface area contributed by atoms with E-state index in [2.05, 4.69) is 0 Å². The Kier molecular flexibility index (Phi) is 4.13. The van der Waals surface area contributed by atoms with Crippen molar-refractivity contribution in [1.29, 1.82) is 0 Å². The van der Waals surface area contributed by atoms with E-state index in [1.807, 2.05) is 0 Å². The van der Waals surface area contributed by atoms with Gasteiger partial charge < -0.3 is 4.90 Å². The number of carbonyl (C=O) groups excluding carboxylic acids is 1. The van der Waals surface area contributed by atoms with E-state index in [-0.39, 0.29) is 5.91 Å². The predicted octanol–water partition coefficient (Wildman–Crippen LogP) is 1.06.